The number of anilines is 2. The summed E-state index contributed by atoms with van der Waals surface area (Å²) in [5, 5.41) is 10.7. The standard InChI is InChI=1S/C6H10N6/c1-2-3-9-10-6-4(7)5(8)11-12(3)6/h11H,2,7-8H2,1H3. The lowest BCUT2D eigenvalue weighted by Crippen LogP contribution is -1.95. The molecule has 6 nitrogen and oxygen atoms in total. The second kappa shape index (κ2) is 2.13. The topological polar surface area (TPSA) is 98.0 Å². The lowest BCUT2D eigenvalue weighted by atomic mass is 10.5. The Morgan fingerprint density at radius 2 is 2.17 bits per heavy atom. The van der Waals surface area contributed by atoms with E-state index in [-0.39, 0.29) is 0 Å². The highest BCUT2D eigenvalue weighted by molar-refractivity contribution is 5.75. The molecule has 0 saturated carbocycles. The Bertz CT molecular complexity index is 411. The van der Waals surface area contributed by atoms with Crippen molar-refractivity contribution in [2.45, 2.75) is 13.3 Å². The van der Waals surface area contributed by atoms with Crippen LogP contribution in [0.4, 0.5) is 11.5 Å². The molecule has 0 saturated heterocycles. The van der Waals surface area contributed by atoms with Crippen molar-refractivity contribution in [1.82, 2.24) is 19.8 Å². The molecule has 2 aromatic rings. The Morgan fingerprint density at radius 3 is 2.83 bits per heavy atom. The zero-order valence-electron chi connectivity index (χ0n) is 6.70. The zero-order chi connectivity index (χ0) is 8.72. The van der Waals surface area contributed by atoms with Gasteiger partial charge < -0.3 is 11.5 Å². The SMILES string of the molecule is CCc1nnc2c(N)c(N)[nH]n12. The molecular weight excluding hydrogens is 156 g/mol. The molecule has 6 heteroatoms. The van der Waals surface area contributed by atoms with Crippen molar-refractivity contribution < 1.29 is 0 Å². The van der Waals surface area contributed by atoms with Crippen LogP contribution in [-0.2, 0) is 6.42 Å². The minimum atomic E-state index is 0.439. The molecule has 0 atom stereocenters. The maximum atomic E-state index is 5.63. The largest absolute Gasteiger partial charge is 0.393 e. The first-order valence-electron chi connectivity index (χ1n) is 3.71. The van der Waals surface area contributed by atoms with E-state index in [0.29, 0.717) is 17.2 Å². The average Bonchev–Trinajstić information content (AvgIpc) is 2.55. The van der Waals surface area contributed by atoms with E-state index >= 15 is 0 Å². The van der Waals surface area contributed by atoms with Gasteiger partial charge in [0.2, 0.25) is 5.65 Å². The Morgan fingerprint density at radius 1 is 1.42 bits per heavy atom. The van der Waals surface area contributed by atoms with Crippen LogP contribution in [-0.4, -0.2) is 19.8 Å². The Balaban J connectivity index is 2.79. The van der Waals surface area contributed by atoms with Gasteiger partial charge in [-0.25, -0.2) is 4.52 Å². The smallest absolute Gasteiger partial charge is 0.202 e. The fourth-order valence-electron chi connectivity index (χ4n) is 1.14. The highest BCUT2D eigenvalue weighted by Gasteiger charge is 2.10. The Labute approximate surface area is 68.5 Å². The highest BCUT2D eigenvalue weighted by Crippen LogP contribution is 2.18. The summed E-state index contributed by atoms with van der Waals surface area (Å²) in [4.78, 5) is 0. The molecule has 12 heavy (non-hydrogen) atoms. The number of nitrogens with zero attached hydrogens (tertiary/aromatic N) is 3. The molecule has 0 radical (unpaired) electrons. The molecule has 0 aromatic carbocycles. The summed E-state index contributed by atoms with van der Waals surface area (Å²) >= 11 is 0. The zero-order valence-corrected chi connectivity index (χ0v) is 6.70. The first-order valence-corrected chi connectivity index (χ1v) is 3.71. The lowest BCUT2D eigenvalue weighted by Gasteiger charge is -1.88. The molecule has 2 aromatic heterocycles. The van der Waals surface area contributed by atoms with Crippen LogP contribution in [0.15, 0.2) is 0 Å². The van der Waals surface area contributed by atoms with Crippen molar-refractivity contribution in [3.8, 4) is 0 Å². The van der Waals surface area contributed by atoms with Gasteiger partial charge in [0.15, 0.2) is 5.82 Å². The van der Waals surface area contributed by atoms with Crippen LogP contribution in [0.1, 0.15) is 12.7 Å². The van der Waals surface area contributed by atoms with Gasteiger partial charge in [-0.15, -0.1) is 10.2 Å². The normalized spacial score (nSPS) is 11.1. The minimum Gasteiger partial charge on any atom is -0.393 e. The number of aromatic nitrogens is 4. The van der Waals surface area contributed by atoms with E-state index in [1.54, 1.807) is 4.52 Å². The third kappa shape index (κ3) is 0.687. The summed E-state index contributed by atoms with van der Waals surface area (Å²) in [5.41, 5.74) is 12.2. The third-order valence-corrected chi connectivity index (χ3v) is 1.81. The van der Waals surface area contributed by atoms with Crippen LogP contribution in [0, 0.1) is 0 Å². The van der Waals surface area contributed by atoms with E-state index in [1.165, 1.54) is 0 Å². The third-order valence-electron chi connectivity index (χ3n) is 1.81. The monoisotopic (exact) mass is 166 g/mol. The van der Waals surface area contributed by atoms with Gasteiger partial charge in [0.05, 0.1) is 0 Å². The van der Waals surface area contributed by atoms with Crippen molar-refractivity contribution in [2.24, 2.45) is 0 Å². The Kier molecular flexibility index (Phi) is 1.24. The maximum absolute atomic E-state index is 5.63. The van der Waals surface area contributed by atoms with Gasteiger partial charge in [0.1, 0.15) is 11.5 Å². The number of aryl methyl sites for hydroxylation is 1. The van der Waals surface area contributed by atoms with Crippen LogP contribution in [0.2, 0.25) is 0 Å². The fourth-order valence-corrected chi connectivity index (χ4v) is 1.14. The molecule has 0 aliphatic rings. The number of rotatable bonds is 1. The maximum Gasteiger partial charge on any atom is 0.202 e. The molecule has 64 valence electrons. The first kappa shape index (κ1) is 6.96. The number of aromatic amines is 1. The van der Waals surface area contributed by atoms with Crippen LogP contribution in [0.25, 0.3) is 5.65 Å². The van der Waals surface area contributed by atoms with E-state index in [2.05, 4.69) is 15.3 Å². The van der Waals surface area contributed by atoms with E-state index in [9.17, 15) is 0 Å². The van der Waals surface area contributed by atoms with E-state index in [1.807, 2.05) is 6.92 Å². The van der Waals surface area contributed by atoms with Crippen molar-refractivity contribution in [2.75, 3.05) is 11.5 Å². The number of nitrogens with two attached hydrogens (primary N) is 2. The van der Waals surface area contributed by atoms with Crippen LogP contribution < -0.4 is 11.5 Å². The number of nitrogens with one attached hydrogen (secondary N) is 1. The van der Waals surface area contributed by atoms with Crippen molar-refractivity contribution >= 4 is 17.2 Å². The van der Waals surface area contributed by atoms with Gasteiger partial charge in [-0.2, -0.15) is 0 Å². The summed E-state index contributed by atoms with van der Waals surface area (Å²) in [6, 6.07) is 0. The van der Waals surface area contributed by atoms with Crippen molar-refractivity contribution in [3.05, 3.63) is 5.82 Å². The average molecular weight is 166 g/mol. The number of nitrogen functional groups attached to an aromatic ring is 2. The molecule has 2 rings (SSSR count). The molecule has 0 aliphatic carbocycles. The van der Waals surface area contributed by atoms with E-state index < -0.39 is 0 Å². The van der Waals surface area contributed by atoms with Crippen molar-refractivity contribution in [3.63, 3.8) is 0 Å². The summed E-state index contributed by atoms with van der Waals surface area (Å²) in [5.74, 6) is 1.27. The predicted octanol–water partition coefficient (Wildman–Crippen LogP) is -0.216. The summed E-state index contributed by atoms with van der Waals surface area (Å²) < 4.78 is 1.70. The van der Waals surface area contributed by atoms with E-state index in [0.717, 1.165) is 12.2 Å². The second-order valence-electron chi connectivity index (χ2n) is 2.57. The molecule has 0 aliphatic heterocycles. The van der Waals surface area contributed by atoms with Crippen LogP contribution >= 0.6 is 0 Å². The van der Waals surface area contributed by atoms with Gasteiger partial charge in [-0.05, 0) is 0 Å². The Hall–Kier alpha value is -1.72. The number of H-pyrrole nitrogens is 1. The molecule has 0 fully saturated rings. The predicted molar refractivity (Wildman–Crippen MR) is 45.5 cm³/mol. The number of hydrogen-bond donors (Lipinski definition) is 3. The van der Waals surface area contributed by atoms with Gasteiger partial charge in [-0.3, -0.25) is 5.10 Å². The van der Waals surface area contributed by atoms with Crippen LogP contribution in [0.5, 0.6) is 0 Å². The molecule has 0 bridgehead atoms. The summed E-state index contributed by atoms with van der Waals surface area (Å²) in [6.45, 7) is 1.99. The molecule has 0 unspecified atom stereocenters. The van der Waals surface area contributed by atoms with Gasteiger partial charge in [0, 0.05) is 6.42 Å². The summed E-state index contributed by atoms with van der Waals surface area (Å²) in [6.07, 6.45) is 0.792. The quantitative estimate of drug-likeness (QED) is 0.545. The second-order valence-corrected chi connectivity index (χ2v) is 2.57. The molecule has 2 heterocycles. The fraction of sp³-hybridized carbons (Fsp3) is 0.333. The highest BCUT2D eigenvalue weighted by atomic mass is 15.4. The summed E-state index contributed by atoms with van der Waals surface area (Å²) in [7, 11) is 0. The van der Waals surface area contributed by atoms with E-state index in [4.69, 9.17) is 11.5 Å². The van der Waals surface area contributed by atoms with Gasteiger partial charge >= 0.3 is 0 Å². The number of fused-ring (bicyclic) bond motifs is 1. The van der Waals surface area contributed by atoms with Gasteiger partial charge in [-0.1, -0.05) is 6.92 Å². The molecule has 0 amide bonds. The van der Waals surface area contributed by atoms with Gasteiger partial charge in [0.25, 0.3) is 0 Å². The van der Waals surface area contributed by atoms with Crippen LogP contribution in [0.3, 0.4) is 0 Å². The molecule has 5 N–H and O–H groups in total. The number of hydrogen-bond acceptors (Lipinski definition) is 4. The molecular formula is C6H10N6. The first-order chi connectivity index (χ1) is 5.74. The van der Waals surface area contributed by atoms with Crippen molar-refractivity contribution in [1.29, 1.82) is 0 Å². The molecule has 0 spiro atoms. The minimum absolute atomic E-state index is 0.439. The lowest BCUT2D eigenvalue weighted by molar-refractivity contribution is 0.839.